The fourth-order valence-electron chi connectivity index (χ4n) is 1.44. The summed E-state index contributed by atoms with van der Waals surface area (Å²) in [4.78, 5) is 14.3. The molecule has 0 atom stereocenters. The average molecular weight is 201 g/mol. The Labute approximate surface area is 87.6 Å². The first-order valence-electron chi connectivity index (χ1n) is 4.58. The highest BCUT2D eigenvalue weighted by Crippen LogP contribution is 2.19. The maximum absolute atomic E-state index is 10.2. The maximum atomic E-state index is 10.2. The van der Waals surface area contributed by atoms with Crippen LogP contribution in [0.4, 0.5) is 5.69 Å². The van der Waals surface area contributed by atoms with Crippen molar-refractivity contribution in [1.29, 1.82) is 0 Å². The van der Waals surface area contributed by atoms with E-state index in [1.165, 1.54) is 0 Å². The highest BCUT2D eigenvalue weighted by molar-refractivity contribution is 5.73. The highest BCUT2D eigenvalue weighted by atomic mass is 16.1. The number of benzene rings is 1. The van der Waals surface area contributed by atoms with Gasteiger partial charge in [-0.3, -0.25) is 4.79 Å². The summed E-state index contributed by atoms with van der Waals surface area (Å²) in [7, 11) is 1.94. The second kappa shape index (κ2) is 3.96. The number of anilines is 1. The molecule has 0 saturated heterocycles. The van der Waals surface area contributed by atoms with Crippen molar-refractivity contribution in [3.8, 4) is 11.3 Å². The molecule has 0 aliphatic carbocycles. The summed E-state index contributed by atoms with van der Waals surface area (Å²) in [6.07, 6.45) is 4.23. The van der Waals surface area contributed by atoms with E-state index in [-0.39, 0.29) is 0 Å². The summed E-state index contributed by atoms with van der Waals surface area (Å²) in [6.45, 7) is 0. The van der Waals surface area contributed by atoms with E-state index in [9.17, 15) is 4.79 Å². The van der Waals surface area contributed by atoms with E-state index in [1.54, 1.807) is 6.33 Å². The summed E-state index contributed by atoms with van der Waals surface area (Å²) < 4.78 is 1.95. The number of rotatable bonds is 3. The fraction of sp³-hybridized carbons (Fsp3) is 0.0909. The third-order valence-corrected chi connectivity index (χ3v) is 2.22. The van der Waals surface area contributed by atoms with Crippen LogP contribution in [0, 0.1) is 0 Å². The molecule has 0 aliphatic heterocycles. The highest BCUT2D eigenvalue weighted by Gasteiger charge is 2.01. The number of carbonyl (C=O) groups excluding carboxylic acids is 1. The van der Waals surface area contributed by atoms with Crippen LogP contribution in [-0.2, 0) is 11.8 Å². The van der Waals surface area contributed by atoms with E-state index >= 15 is 0 Å². The molecule has 1 heterocycles. The monoisotopic (exact) mass is 201 g/mol. The number of hydrogen-bond acceptors (Lipinski definition) is 2. The van der Waals surface area contributed by atoms with Gasteiger partial charge >= 0.3 is 0 Å². The zero-order chi connectivity index (χ0) is 10.7. The van der Waals surface area contributed by atoms with E-state index in [2.05, 4.69) is 10.3 Å². The van der Waals surface area contributed by atoms with Crippen LogP contribution >= 0.6 is 0 Å². The summed E-state index contributed by atoms with van der Waals surface area (Å²) in [5, 5.41) is 2.59. The van der Waals surface area contributed by atoms with Crippen LogP contribution in [0.25, 0.3) is 11.3 Å². The molecule has 1 amide bonds. The molecule has 4 nitrogen and oxygen atoms in total. The van der Waals surface area contributed by atoms with Gasteiger partial charge in [0.05, 0.1) is 18.2 Å². The largest absolute Gasteiger partial charge is 0.334 e. The molecule has 0 bridgehead atoms. The van der Waals surface area contributed by atoms with Crippen molar-refractivity contribution in [1.82, 2.24) is 9.55 Å². The minimum atomic E-state index is 0.666. The van der Waals surface area contributed by atoms with E-state index < -0.39 is 0 Å². The number of carbonyl (C=O) groups is 1. The van der Waals surface area contributed by atoms with Crippen LogP contribution < -0.4 is 5.32 Å². The summed E-state index contributed by atoms with van der Waals surface area (Å²) in [6, 6.07) is 7.61. The smallest absolute Gasteiger partial charge is 0.211 e. The van der Waals surface area contributed by atoms with Gasteiger partial charge in [0.2, 0.25) is 6.41 Å². The molecule has 2 rings (SSSR count). The Morgan fingerprint density at radius 3 is 2.60 bits per heavy atom. The predicted molar refractivity (Wildman–Crippen MR) is 58.3 cm³/mol. The first-order chi connectivity index (χ1) is 7.31. The second-order valence-electron chi connectivity index (χ2n) is 3.23. The van der Waals surface area contributed by atoms with Gasteiger partial charge in [0, 0.05) is 12.7 Å². The van der Waals surface area contributed by atoms with Crippen molar-refractivity contribution in [2.24, 2.45) is 7.05 Å². The number of nitrogens with zero attached hydrogens (tertiary/aromatic N) is 2. The maximum Gasteiger partial charge on any atom is 0.211 e. The van der Waals surface area contributed by atoms with Gasteiger partial charge in [-0.15, -0.1) is 0 Å². The number of imidazole rings is 1. The Morgan fingerprint density at radius 1 is 1.33 bits per heavy atom. The SMILES string of the molecule is Cn1cncc1-c1ccc(NC=O)cc1. The predicted octanol–water partition coefficient (Wildman–Crippen LogP) is 1.66. The van der Waals surface area contributed by atoms with Crippen molar-refractivity contribution in [2.45, 2.75) is 0 Å². The van der Waals surface area contributed by atoms with Gasteiger partial charge in [-0.05, 0) is 17.7 Å². The van der Waals surface area contributed by atoms with Crippen LogP contribution in [0.2, 0.25) is 0 Å². The second-order valence-corrected chi connectivity index (χ2v) is 3.23. The Morgan fingerprint density at radius 2 is 2.07 bits per heavy atom. The normalized spacial score (nSPS) is 9.93. The molecule has 76 valence electrons. The van der Waals surface area contributed by atoms with Crippen molar-refractivity contribution in [3.05, 3.63) is 36.8 Å². The van der Waals surface area contributed by atoms with Crippen molar-refractivity contribution in [3.63, 3.8) is 0 Å². The molecule has 0 spiro atoms. The van der Waals surface area contributed by atoms with Crippen LogP contribution in [-0.4, -0.2) is 16.0 Å². The lowest BCUT2D eigenvalue weighted by Crippen LogP contribution is -1.93. The Bertz CT molecular complexity index is 459. The number of amides is 1. The molecule has 0 unspecified atom stereocenters. The molecule has 0 saturated carbocycles. The summed E-state index contributed by atoms with van der Waals surface area (Å²) in [5.41, 5.74) is 2.91. The molecule has 2 aromatic rings. The lowest BCUT2D eigenvalue weighted by molar-refractivity contribution is -0.105. The van der Waals surface area contributed by atoms with Gasteiger partial charge in [0.25, 0.3) is 0 Å². The van der Waals surface area contributed by atoms with Crippen LogP contribution in [0.1, 0.15) is 0 Å². The number of hydrogen-bond donors (Lipinski definition) is 1. The van der Waals surface area contributed by atoms with Crippen molar-refractivity contribution >= 4 is 12.1 Å². The zero-order valence-electron chi connectivity index (χ0n) is 8.34. The van der Waals surface area contributed by atoms with Crippen LogP contribution in [0.3, 0.4) is 0 Å². The van der Waals surface area contributed by atoms with Gasteiger partial charge in [-0.2, -0.15) is 0 Å². The van der Waals surface area contributed by atoms with Crippen LogP contribution in [0.15, 0.2) is 36.8 Å². The molecule has 1 aromatic carbocycles. The first-order valence-corrected chi connectivity index (χ1v) is 4.58. The number of aryl methyl sites for hydroxylation is 1. The number of nitrogens with one attached hydrogen (secondary N) is 1. The first kappa shape index (κ1) is 9.45. The number of aromatic nitrogens is 2. The quantitative estimate of drug-likeness (QED) is 0.767. The average Bonchev–Trinajstić information content (AvgIpc) is 2.66. The Hall–Kier alpha value is -2.10. The van der Waals surface area contributed by atoms with Gasteiger partial charge in [0.15, 0.2) is 0 Å². The molecule has 0 aliphatic rings. The molecule has 1 N–H and O–H groups in total. The van der Waals surface area contributed by atoms with E-state index in [0.29, 0.717) is 6.41 Å². The zero-order valence-corrected chi connectivity index (χ0v) is 8.34. The van der Waals surface area contributed by atoms with Crippen molar-refractivity contribution < 1.29 is 4.79 Å². The molecule has 4 heteroatoms. The minimum Gasteiger partial charge on any atom is -0.334 e. The summed E-state index contributed by atoms with van der Waals surface area (Å²) >= 11 is 0. The third kappa shape index (κ3) is 1.88. The molecule has 0 fully saturated rings. The lowest BCUT2D eigenvalue weighted by atomic mass is 10.1. The lowest BCUT2D eigenvalue weighted by Gasteiger charge is -2.03. The molecular formula is C11H11N3O. The molecule has 1 aromatic heterocycles. The standard InChI is InChI=1S/C11H11N3O/c1-14-7-12-6-11(14)9-2-4-10(5-3-9)13-8-15/h2-8H,1H3,(H,13,15). The Balaban J connectivity index is 2.31. The molecule has 0 radical (unpaired) electrons. The van der Waals surface area contributed by atoms with Crippen LogP contribution in [0.5, 0.6) is 0 Å². The van der Waals surface area contributed by atoms with E-state index in [0.717, 1.165) is 16.9 Å². The summed E-state index contributed by atoms with van der Waals surface area (Å²) in [5.74, 6) is 0. The fourth-order valence-corrected chi connectivity index (χ4v) is 1.44. The van der Waals surface area contributed by atoms with Gasteiger partial charge in [-0.1, -0.05) is 12.1 Å². The Kier molecular flexibility index (Phi) is 2.49. The van der Waals surface area contributed by atoms with Gasteiger partial charge < -0.3 is 9.88 Å². The van der Waals surface area contributed by atoms with Crippen molar-refractivity contribution in [2.75, 3.05) is 5.32 Å². The van der Waals surface area contributed by atoms with E-state index in [1.807, 2.05) is 42.1 Å². The van der Waals surface area contributed by atoms with E-state index in [4.69, 9.17) is 0 Å². The molecule has 15 heavy (non-hydrogen) atoms. The van der Waals surface area contributed by atoms with Gasteiger partial charge in [-0.25, -0.2) is 4.98 Å². The van der Waals surface area contributed by atoms with Gasteiger partial charge in [0.1, 0.15) is 0 Å². The minimum absolute atomic E-state index is 0.666. The topological polar surface area (TPSA) is 46.9 Å². The molecular weight excluding hydrogens is 190 g/mol. The third-order valence-electron chi connectivity index (χ3n) is 2.22.